The Morgan fingerprint density at radius 1 is 1.15 bits per heavy atom. The first-order valence-electron chi connectivity index (χ1n) is 8.31. The van der Waals surface area contributed by atoms with Crippen molar-refractivity contribution in [1.29, 1.82) is 0 Å². The molecule has 3 rings (SSSR count). The van der Waals surface area contributed by atoms with Crippen molar-refractivity contribution < 1.29 is 19.1 Å². The summed E-state index contributed by atoms with van der Waals surface area (Å²) < 4.78 is 6.36. The molecule has 0 bridgehead atoms. The second-order valence-corrected chi connectivity index (χ2v) is 7.03. The fourth-order valence-electron chi connectivity index (χ4n) is 2.74. The topological polar surface area (TPSA) is 75.7 Å². The van der Waals surface area contributed by atoms with Crippen LogP contribution >= 0.6 is 22.6 Å². The standard InChI is InChI=1S/C20H17IN2O4/c1-3-27-17-9-8-13(11-15(17)21)10-14-18(24)22-20(26)23(19(14)25)16-7-5-4-6-12(16)2/h4-11H,3H2,1-2H3,(H,22,24,26)/b14-10+. The lowest BCUT2D eigenvalue weighted by molar-refractivity contribution is -0.122. The highest BCUT2D eigenvalue weighted by Crippen LogP contribution is 2.27. The van der Waals surface area contributed by atoms with Gasteiger partial charge in [-0.25, -0.2) is 9.69 Å². The van der Waals surface area contributed by atoms with Crippen LogP contribution in [0.3, 0.4) is 0 Å². The molecule has 1 saturated heterocycles. The third-order valence-electron chi connectivity index (χ3n) is 4.02. The molecule has 1 heterocycles. The molecule has 138 valence electrons. The Hall–Kier alpha value is -2.68. The zero-order valence-corrected chi connectivity index (χ0v) is 16.9. The fourth-order valence-corrected chi connectivity index (χ4v) is 3.43. The molecule has 1 fully saturated rings. The van der Waals surface area contributed by atoms with Crippen molar-refractivity contribution >= 4 is 52.2 Å². The van der Waals surface area contributed by atoms with Crippen LogP contribution in [0.1, 0.15) is 18.1 Å². The Kier molecular flexibility index (Phi) is 5.59. The first-order valence-corrected chi connectivity index (χ1v) is 9.39. The van der Waals surface area contributed by atoms with Gasteiger partial charge in [0, 0.05) is 0 Å². The average Bonchev–Trinajstić information content (AvgIpc) is 2.62. The van der Waals surface area contributed by atoms with E-state index in [0.717, 1.165) is 19.8 Å². The molecule has 0 aromatic heterocycles. The second-order valence-electron chi connectivity index (χ2n) is 5.87. The fraction of sp³-hybridized carbons (Fsp3) is 0.150. The van der Waals surface area contributed by atoms with Crippen LogP contribution in [0.5, 0.6) is 5.75 Å². The molecule has 27 heavy (non-hydrogen) atoms. The number of imide groups is 2. The lowest BCUT2D eigenvalue weighted by Gasteiger charge is -2.27. The van der Waals surface area contributed by atoms with E-state index in [-0.39, 0.29) is 5.57 Å². The number of carbonyl (C=O) groups excluding carboxylic acids is 3. The number of rotatable bonds is 4. The van der Waals surface area contributed by atoms with E-state index in [9.17, 15) is 14.4 Å². The van der Waals surface area contributed by atoms with E-state index in [0.29, 0.717) is 17.9 Å². The van der Waals surface area contributed by atoms with Gasteiger partial charge in [-0.3, -0.25) is 14.9 Å². The van der Waals surface area contributed by atoms with Crippen LogP contribution in [0.4, 0.5) is 10.5 Å². The molecule has 4 amide bonds. The van der Waals surface area contributed by atoms with Crippen molar-refractivity contribution in [2.75, 3.05) is 11.5 Å². The minimum Gasteiger partial charge on any atom is -0.493 e. The van der Waals surface area contributed by atoms with Gasteiger partial charge in [0.2, 0.25) is 0 Å². The van der Waals surface area contributed by atoms with Crippen LogP contribution in [0, 0.1) is 10.5 Å². The number of aryl methyl sites for hydroxylation is 1. The largest absolute Gasteiger partial charge is 0.493 e. The van der Waals surface area contributed by atoms with Gasteiger partial charge in [-0.2, -0.15) is 0 Å². The van der Waals surface area contributed by atoms with Crippen LogP contribution in [-0.4, -0.2) is 24.5 Å². The molecule has 6 nitrogen and oxygen atoms in total. The number of benzene rings is 2. The van der Waals surface area contributed by atoms with Crippen LogP contribution < -0.4 is 15.0 Å². The molecule has 0 aliphatic carbocycles. The lowest BCUT2D eigenvalue weighted by Crippen LogP contribution is -2.54. The quantitative estimate of drug-likeness (QED) is 0.415. The van der Waals surface area contributed by atoms with Crippen LogP contribution in [0.15, 0.2) is 48.0 Å². The number of amides is 4. The van der Waals surface area contributed by atoms with Gasteiger partial charge in [0.25, 0.3) is 11.8 Å². The highest BCUT2D eigenvalue weighted by Gasteiger charge is 2.37. The summed E-state index contributed by atoms with van der Waals surface area (Å²) >= 11 is 2.13. The maximum absolute atomic E-state index is 12.9. The van der Waals surface area contributed by atoms with Crippen LogP contribution in [-0.2, 0) is 9.59 Å². The van der Waals surface area contributed by atoms with E-state index in [4.69, 9.17) is 4.74 Å². The summed E-state index contributed by atoms with van der Waals surface area (Å²) in [5.41, 5.74) is 1.77. The van der Waals surface area contributed by atoms with Crippen molar-refractivity contribution in [3.8, 4) is 5.75 Å². The normalized spacial score (nSPS) is 15.9. The van der Waals surface area contributed by atoms with Gasteiger partial charge in [0.1, 0.15) is 11.3 Å². The van der Waals surface area contributed by atoms with E-state index < -0.39 is 17.8 Å². The molecule has 2 aromatic rings. The minimum absolute atomic E-state index is 0.0992. The predicted molar refractivity (Wildman–Crippen MR) is 111 cm³/mol. The molecule has 0 radical (unpaired) electrons. The summed E-state index contributed by atoms with van der Waals surface area (Å²) in [5.74, 6) is -0.628. The number of nitrogens with one attached hydrogen (secondary N) is 1. The molecule has 7 heteroatoms. The summed E-state index contributed by atoms with van der Waals surface area (Å²) in [4.78, 5) is 38.4. The third-order valence-corrected chi connectivity index (χ3v) is 4.87. The van der Waals surface area contributed by atoms with Crippen molar-refractivity contribution in [1.82, 2.24) is 5.32 Å². The molecule has 0 spiro atoms. The zero-order chi connectivity index (χ0) is 19.6. The Morgan fingerprint density at radius 2 is 1.89 bits per heavy atom. The van der Waals surface area contributed by atoms with E-state index in [1.54, 1.807) is 37.3 Å². The van der Waals surface area contributed by atoms with Crippen LogP contribution in [0.2, 0.25) is 0 Å². The highest BCUT2D eigenvalue weighted by atomic mass is 127. The number of urea groups is 1. The number of nitrogens with zero attached hydrogens (tertiary/aromatic N) is 1. The zero-order valence-electron chi connectivity index (χ0n) is 14.8. The Labute approximate surface area is 170 Å². The van der Waals surface area contributed by atoms with E-state index in [1.807, 2.05) is 19.1 Å². The van der Waals surface area contributed by atoms with Crippen LogP contribution in [0.25, 0.3) is 6.08 Å². The smallest absolute Gasteiger partial charge is 0.335 e. The molecular formula is C20H17IN2O4. The summed E-state index contributed by atoms with van der Waals surface area (Å²) in [6.45, 7) is 4.24. The van der Waals surface area contributed by atoms with Gasteiger partial charge in [0.05, 0.1) is 15.9 Å². The molecule has 1 N–H and O–H groups in total. The number of halogens is 1. The molecule has 0 saturated carbocycles. The third kappa shape index (κ3) is 3.87. The number of ether oxygens (including phenoxy) is 1. The van der Waals surface area contributed by atoms with Crippen molar-refractivity contribution in [3.05, 3.63) is 62.7 Å². The molecule has 2 aromatic carbocycles. The number of anilines is 1. The van der Waals surface area contributed by atoms with E-state index >= 15 is 0 Å². The summed E-state index contributed by atoms with van der Waals surface area (Å²) in [6, 6.07) is 11.6. The number of barbiturate groups is 1. The number of hydrogen-bond acceptors (Lipinski definition) is 4. The number of hydrogen-bond donors (Lipinski definition) is 1. The Bertz CT molecular complexity index is 968. The Balaban J connectivity index is 2.00. The SMILES string of the molecule is CCOc1ccc(/C=C2\C(=O)NC(=O)N(c3ccccc3C)C2=O)cc1I. The van der Waals surface area contributed by atoms with E-state index in [2.05, 4.69) is 27.9 Å². The molecule has 1 aliphatic heterocycles. The second kappa shape index (κ2) is 7.91. The monoisotopic (exact) mass is 476 g/mol. The minimum atomic E-state index is -0.752. The summed E-state index contributed by atoms with van der Waals surface area (Å²) in [5, 5.41) is 2.23. The Morgan fingerprint density at radius 3 is 2.56 bits per heavy atom. The molecular weight excluding hydrogens is 459 g/mol. The molecule has 0 unspecified atom stereocenters. The van der Waals surface area contributed by atoms with Gasteiger partial charge in [-0.15, -0.1) is 0 Å². The van der Waals surface area contributed by atoms with Gasteiger partial charge < -0.3 is 4.74 Å². The summed E-state index contributed by atoms with van der Waals surface area (Å²) in [7, 11) is 0. The van der Waals surface area contributed by atoms with Crippen molar-refractivity contribution in [2.45, 2.75) is 13.8 Å². The summed E-state index contributed by atoms with van der Waals surface area (Å²) in [6.07, 6.45) is 1.48. The number of para-hydroxylation sites is 1. The lowest BCUT2D eigenvalue weighted by atomic mass is 10.1. The molecule has 0 atom stereocenters. The first kappa shape index (κ1) is 19.1. The highest BCUT2D eigenvalue weighted by molar-refractivity contribution is 14.1. The van der Waals surface area contributed by atoms with Gasteiger partial charge in [-0.1, -0.05) is 24.3 Å². The van der Waals surface area contributed by atoms with Gasteiger partial charge >= 0.3 is 6.03 Å². The maximum Gasteiger partial charge on any atom is 0.335 e. The van der Waals surface area contributed by atoms with Crippen molar-refractivity contribution in [2.24, 2.45) is 0 Å². The average molecular weight is 476 g/mol. The predicted octanol–water partition coefficient (Wildman–Crippen LogP) is 3.66. The van der Waals surface area contributed by atoms with E-state index in [1.165, 1.54) is 6.08 Å². The first-order chi connectivity index (χ1) is 12.9. The van der Waals surface area contributed by atoms with Crippen molar-refractivity contribution in [3.63, 3.8) is 0 Å². The van der Waals surface area contributed by atoms with Gasteiger partial charge in [0.15, 0.2) is 0 Å². The number of carbonyl (C=O) groups is 3. The molecule has 1 aliphatic rings. The van der Waals surface area contributed by atoms with Gasteiger partial charge in [-0.05, 0) is 71.8 Å². The maximum atomic E-state index is 12.9.